The molecular formula is C22H32N2O3. The summed E-state index contributed by atoms with van der Waals surface area (Å²) < 4.78 is 10.7. The number of methoxy groups -OCH3 is 2. The summed E-state index contributed by atoms with van der Waals surface area (Å²) >= 11 is 0. The highest BCUT2D eigenvalue weighted by atomic mass is 16.5. The Morgan fingerprint density at radius 2 is 2.04 bits per heavy atom. The third kappa shape index (κ3) is 4.83. The quantitative estimate of drug-likeness (QED) is 0.737. The number of likely N-dealkylation sites (N-methyl/N-ethyl adjacent to an activating group) is 1. The van der Waals surface area contributed by atoms with Gasteiger partial charge in [0.1, 0.15) is 0 Å². The topological polar surface area (TPSA) is 42.0 Å². The maximum Gasteiger partial charge on any atom is 0.249 e. The van der Waals surface area contributed by atoms with E-state index in [9.17, 15) is 4.79 Å². The van der Waals surface area contributed by atoms with Crippen LogP contribution in [0.25, 0.3) is 0 Å². The molecule has 5 nitrogen and oxygen atoms in total. The van der Waals surface area contributed by atoms with Crippen LogP contribution in [0.1, 0.15) is 37.7 Å². The van der Waals surface area contributed by atoms with E-state index in [2.05, 4.69) is 35.1 Å². The monoisotopic (exact) mass is 372 g/mol. The van der Waals surface area contributed by atoms with Gasteiger partial charge in [-0.15, -0.1) is 0 Å². The lowest BCUT2D eigenvalue weighted by Gasteiger charge is -2.38. The van der Waals surface area contributed by atoms with Gasteiger partial charge >= 0.3 is 0 Å². The number of nitrogens with zero attached hydrogens (tertiary/aromatic N) is 2. The highest BCUT2D eigenvalue weighted by molar-refractivity contribution is 5.93. The summed E-state index contributed by atoms with van der Waals surface area (Å²) in [7, 11) is 5.50. The van der Waals surface area contributed by atoms with Crippen molar-refractivity contribution in [3.8, 4) is 11.5 Å². The Morgan fingerprint density at radius 3 is 2.74 bits per heavy atom. The Hall–Kier alpha value is -2.01. The van der Waals surface area contributed by atoms with Crippen molar-refractivity contribution in [1.82, 2.24) is 9.80 Å². The Balaban J connectivity index is 1.54. The van der Waals surface area contributed by atoms with Gasteiger partial charge in [0.15, 0.2) is 11.5 Å². The van der Waals surface area contributed by atoms with Crippen molar-refractivity contribution < 1.29 is 14.3 Å². The van der Waals surface area contributed by atoms with E-state index in [1.54, 1.807) is 14.2 Å². The van der Waals surface area contributed by atoms with Gasteiger partial charge in [0, 0.05) is 31.2 Å². The van der Waals surface area contributed by atoms with Crippen LogP contribution in [0.4, 0.5) is 0 Å². The molecule has 1 aromatic rings. The van der Waals surface area contributed by atoms with Crippen molar-refractivity contribution >= 4 is 5.91 Å². The van der Waals surface area contributed by atoms with Crippen LogP contribution in [-0.2, 0) is 11.2 Å². The van der Waals surface area contributed by atoms with Crippen LogP contribution < -0.4 is 9.47 Å². The molecule has 1 aromatic carbocycles. The van der Waals surface area contributed by atoms with Gasteiger partial charge in [0.25, 0.3) is 0 Å². The number of likely N-dealkylation sites (tertiary alicyclic amines) is 1. The molecule has 0 aromatic heterocycles. The second-order valence-corrected chi connectivity index (χ2v) is 7.59. The number of benzene rings is 1. The number of amides is 1. The molecule has 1 heterocycles. The maximum atomic E-state index is 12.7. The van der Waals surface area contributed by atoms with Crippen molar-refractivity contribution in [3.63, 3.8) is 0 Å². The number of carbonyl (C=O) groups excluding carboxylic acids is 1. The fraction of sp³-hybridized carbons (Fsp3) is 0.591. The first-order valence-electron chi connectivity index (χ1n) is 10.0. The molecule has 1 unspecified atom stereocenters. The number of hydrogen-bond acceptors (Lipinski definition) is 4. The van der Waals surface area contributed by atoms with Crippen LogP contribution >= 0.6 is 0 Å². The first-order chi connectivity index (χ1) is 13.1. The molecule has 1 atom stereocenters. The molecule has 0 radical (unpaired) electrons. The van der Waals surface area contributed by atoms with Crippen molar-refractivity contribution in [1.29, 1.82) is 0 Å². The lowest BCUT2D eigenvalue weighted by atomic mass is 10.0. The van der Waals surface area contributed by atoms with E-state index in [-0.39, 0.29) is 5.91 Å². The molecule has 5 heteroatoms. The minimum Gasteiger partial charge on any atom is -0.493 e. The lowest BCUT2D eigenvalue weighted by Crippen LogP contribution is -2.49. The van der Waals surface area contributed by atoms with Gasteiger partial charge in [-0.1, -0.05) is 12.1 Å². The number of rotatable bonds is 7. The first-order valence-corrected chi connectivity index (χ1v) is 10.0. The molecule has 0 saturated carbocycles. The molecule has 27 heavy (non-hydrogen) atoms. The number of carbonyl (C=O) groups is 1. The molecule has 148 valence electrons. The summed E-state index contributed by atoms with van der Waals surface area (Å²) in [6, 6.07) is 6.55. The Labute approximate surface area is 162 Å². The van der Waals surface area contributed by atoms with Crippen molar-refractivity contribution in [2.45, 2.75) is 44.6 Å². The van der Waals surface area contributed by atoms with Crippen LogP contribution in [0.3, 0.4) is 0 Å². The molecule has 1 aliphatic heterocycles. The van der Waals surface area contributed by atoms with Gasteiger partial charge in [-0.3, -0.25) is 4.79 Å². The number of piperidine rings is 1. The summed E-state index contributed by atoms with van der Waals surface area (Å²) in [5, 5.41) is 0. The Bertz CT molecular complexity index is 686. The van der Waals surface area contributed by atoms with Gasteiger partial charge in [-0.2, -0.15) is 0 Å². The smallest absolute Gasteiger partial charge is 0.249 e. The van der Waals surface area contributed by atoms with Crippen LogP contribution in [0, 0.1) is 0 Å². The minimum absolute atomic E-state index is 0.269. The summed E-state index contributed by atoms with van der Waals surface area (Å²) in [5.41, 5.74) is 2.27. The van der Waals surface area contributed by atoms with E-state index in [1.165, 1.54) is 5.56 Å². The predicted molar refractivity (Wildman–Crippen MR) is 107 cm³/mol. The normalized spacial score (nSPS) is 19.9. The SMILES string of the molecule is COc1ccc(CCN(C)C2CCCN(C(=O)C3=CCCC3)C2)cc1OC. The number of hydrogen-bond donors (Lipinski definition) is 0. The Morgan fingerprint density at radius 1 is 1.22 bits per heavy atom. The molecular weight excluding hydrogens is 340 g/mol. The van der Waals surface area contributed by atoms with Gasteiger partial charge < -0.3 is 19.3 Å². The van der Waals surface area contributed by atoms with E-state index < -0.39 is 0 Å². The molecule has 1 fully saturated rings. The zero-order chi connectivity index (χ0) is 19.2. The van der Waals surface area contributed by atoms with Gasteiger partial charge in [0.05, 0.1) is 14.2 Å². The van der Waals surface area contributed by atoms with Crippen molar-refractivity contribution in [2.75, 3.05) is 40.9 Å². The molecule has 1 amide bonds. The summed E-state index contributed by atoms with van der Waals surface area (Å²) in [6.07, 6.45) is 8.47. The highest BCUT2D eigenvalue weighted by Gasteiger charge is 2.28. The highest BCUT2D eigenvalue weighted by Crippen LogP contribution is 2.28. The fourth-order valence-corrected chi connectivity index (χ4v) is 4.09. The maximum absolute atomic E-state index is 12.7. The molecule has 3 rings (SSSR count). The van der Waals surface area contributed by atoms with Gasteiger partial charge in [-0.05, 0) is 63.3 Å². The molecule has 0 N–H and O–H groups in total. The largest absolute Gasteiger partial charge is 0.493 e. The standard InChI is InChI=1S/C22H32N2O3/c1-23(14-12-17-10-11-20(26-2)21(15-17)27-3)19-9-6-13-24(16-19)22(25)18-7-4-5-8-18/h7,10-11,15,19H,4-6,8-9,12-14,16H2,1-3H3. The van der Waals surface area contributed by atoms with Crippen LogP contribution in [0.15, 0.2) is 29.8 Å². The third-order valence-corrected chi connectivity index (χ3v) is 5.82. The Kier molecular flexibility index (Phi) is 6.78. The molecule has 2 aliphatic rings. The summed E-state index contributed by atoms with van der Waals surface area (Å²) in [6.45, 7) is 2.71. The molecule has 0 spiro atoms. The average Bonchev–Trinajstić information content (AvgIpc) is 3.26. The zero-order valence-corrected chi connectivity index (χ0v) is 16.9. The fourth-order valence-electron chi connectivity index (χ4n) is 4.09. The van der Waals surface area contributed by atoms with Crippen LogP contribution in [0.2, 0.25) is 0 Å². The predicted octanol–water partition coefficient (Wildman–Crippen LogP) is 3.28. The first kappa shape index (κ1) is 19.7. The van der Waals surface area contributed by atoms with E-state index in [0.717, 1.165) is 75.2 Å². The lowest BCUT2D eigenvalue weighted by molar-refractivity contribution is -0.129. The number of allylic oxidation sites excluding steroid dienone is 1. The van der Waals surface area contributed by atoms with Gasteiger partial charge in [0.2, 0.25) is 5.91 Å². The van der Waals surface area contributed by atoms with E-state index >= 15 is 0 Å². The molecule has 1 aliphatic carbocycles. The zero-order valence-electron chi connectivity index (χ0n) is 16.9. The van der Waals surface area contributed by atoms with E-state index in [0.29, 0.717) is 6.04 Å². The molecule has 1 saturated heterocycles. The van der Waals surface area contributed by atoms with Gasteiger partial charge in [-0.25, -0.2) is 0 Å². The number of ether oxygens (including phenoxy) is 2. The van der Waals surface area contributed by atoms with E-state index in [1.807, 2.05) is 6.07 Å². The summed E-state index contributed by atoms with van der Waals surface area (Å²) in [5.74, 6) is 1.81. The minimum atomic E-state index is 0.269. The van der Waals surface area contributed by atoms with E-state index in [4.69, 9.17) is 9.47 Å². The van der Waals surface area contributed by atoms with Crippen LogP contribution in [0.5, 0.6) is 11.5 Å². The molecule has 0 bridgehead atoms. The summed E-state index contributed by atoms with van der Waals surface area (Å²) in [4.78, 5) is 17.2. The second kappa shape index (κ2) is 9.27. The van der Waals surface area contributed by atoms with Crippen LogP contribution in [-0.4, -0.2) is 62.7 Å². The third-order valence-electron chi connectivity index (χ3n) is 5.82. The van der Waals surface area contributed by atoms with Crippen molar-refractivity contribution in [3.05, 3.63) is 35.4 Å². The average molecular weight is 373 g/mol. The van der Waals surface area contributed by atoms with Crippen molar-refractivity contribution in [2.24, 2.45) is 0 Å². The second-order valence-electron chi connectivity index (χ2n) is 7.59.